The summed E-state index contributed by atoms with van der Waals surface area (Å²) in [7, 11) is 0. The zero-order valence-corrected chi connectivity index (χ0v) is 12.0. The van der Waals surface area contributed by atoms with Gasteiger partial charge in [0.1, 0.15) is 6.10 Å². The number of aryl methyl sites for hydroxylation is 1. The molecule has 104 valence electrons. The van der Waals surface area contributed by atoms with Gasteiger partial charge in [-0.05, 0) is 32.1 Å². The number of aromatic nitrogens is 2. The predicted molar refractivity (Wildman–Crippen MR) is 73.1 cm³/mol. The molecule has 0 aromatic carbocycles. The van der Waals surface area contributed by atoms with E-state index < -0.39 is 0 Å². The molecule has 0 fully saturated rings. The molecule has 1 aliphatic carbocycles. The fraction of sp³-hybridized carbons (Fsp3) is 0.667. The second-order valence-electron chi connectivity index (χ2n) is 5.34. The minimum Gasteiger partial charge on any atom is -0.370 e. The first kappa shape index (κ1) is 14.1. The fourth-order valence-electron chi connectivity index (χ4n) is 2.45. The Balaban J connectivity index is 2.33. The molecule has 0 saturated heterocycles. The van der Waals surface area contributed by atoms with Crippen LogP contribution in [0.1, 0.15) is 68.0 Å². The van der Waals surface area contributed by atoms with E-state index in [1.165, 1.54) is 0 Å². The first-order valence-electron chi connectivity index (χ1n) is 7.14. The first-order chi connectivity index (χ1) is 9.13. The lowest BCUT2D eigenvalue weighted by Gasteiger charge is -2.20. The number of ether oxygens (including phenoxy) is 1. The van der Waals surface area contributed by atoms with Crippen LogP contribution in [0.3, 0.4) is 0 Å². The topological polar surface area (TPSA) is 52.1 Å². The Bertz CT molecular complexity index is 457. The van der Waals surface area contributed by atoms with Gasteiger partial charge in [-0.3, -0.25) is 4.79 Å². The van der Waals surface area contributed by atoms with Crippen LogP contribution in [-0.2, 0) is 11.2 Å². The molecule has 0 N–H and O–H groups in total. The Hall–Kier alpha value is -1.29. The summed E-state index contributed by atoms with van der Waals surface area (Å²) in [5.41, 5.74) is 1.61. The molecule has 0 radical (unpaired) electrons. The van der Waals surface area contributed by atoms with E-state index in [0.29, 0.717) is 30.3 Å². The average Bonchev–Trinajstić information content (AvgIpc) is 2.57. The standard InChI is InChI=1S/C15H22N2O2/c1-4-19-14(10(2)3)15-16-9-11-12(17-15)7-5-6-8-13(11)18/h9-10,14H,4-8H2,1-3H3. The highest BCUT2D eigenvalue weighted by molar-refractivity contribution is 5.97. The van der Waals surface area contributed by atoms with Crippen molar-refractivity contribution in [3.63, 3.8) is 0 Å². The summed E-state index contributed by atoms with van der Waals surface area (Å²) >= 11 is 0. The Morgan fingerprint density at radius 3 is 2.74 bits per heavy atom. The van der Waals surface area contributed by atoms with Gasteiger partial charge >= 0.3 is 0 Å². The SMILES string of the molecule is CCOC(c1ncc2c(n1)CCCCC2=O)C(C)C. The summed E-state index contributed by atoms with van der Waals surface area (Å²) < 4.78 is 5.73. The third-order valence-electron chi connectivity index (χ3n) is 3.46. The lowest BCUT2D eigenvalue weighted by Crippen LogP contribution is -2.17. The predicted octanol–water partition coefficient (Wildman–Crippen LogP) is 3.12. The lowest BCUT2D eigenvalue weighted by atomic mass is 10.1. The van der Waals surface area contributed by atoms with Crippen molar-refractivity contribution < 1.29 is 9.53 Å². The number of Topliss-reactive ketones (excluding diaryl/α,β-unsaturated/α-hetero) is 1. The third kappa shape index (κ3) is 3.18. The van der Waals surface area contributed by atoms with Gasteiger partial charge in [-0.1, -0.05) is 13.8 Å². The van der Waals surface area contributed by atoms with Crippen LogP contribution in [0.15, 0.2) is 6.20 Å². The highest BCUT2D eigenvalue weighted by atomic mass is 16.5. The summed E-state index contributed by atoms with van der Waals surface area (Å²) in [5, 5.41) is 0. The van der Waals surface area contributed by atoms with E-state index in [0.717, 1.165) is 25.0 Å². The summed E-state index contributed by atoms with van der Waals surface area (Å²) in [6.45, 7) is 6.81. The second-order valence-corrected chi connectivity index (χ2v) is 5.34. The van der Waals surface area contributed by atoms with Crippen molar-refractivity contribution in [2.75, 3.05) is 6.61 Å². The van der Waals surface area contributed by atoms with Gasteiger partial charge in [-0.25, -0.2) is 9.97 Å². The molecular formula is C15H22N2O2. The van der Waals surface area contributed by atoms with Crippen LogP contribution >= 0.6 is 0 Å². The van der Waals surface area contributed by atoms with Gasteiger partial charge in [0.05, 0.1) is 11.3 Å². The zero-order chi connectivity index (χ0) is 13.8. The normalized spacial score (nSPS) is 17.2. The number of ketones is 1. The average molecular weight is 262 g/mol. The largest absolute Gasteiger partial charge is 0.370 e. The van der Waals surface area contributed by atoms with E-state index in [1.807, 2.05) is 6.92 Å². The number of hydrogen-bond donors (Lipinski definition) is 0. The van der Waals surface area contributed by atoms with E-state index in [-0.39, 0.29) is 11.9 Å². The molecule has 0 bridgehead atoms. The van der Waals surface area contributed by atoms with Crippen LogP contribution in [0.25, 0.3) is 0 Å². The molecule has 1 heterocycles. The molecule has 19 heavy (non-hydrogen) atoms. The van der Waals surface area contributed by atoms with E-state index in [4.69, 9.17) is 4.74 Å². The fourth-order valence-corrected chi connectivity index (χ4v) is 2.45. The number of rotatable bonds is 4. The Labute approximate surface area is 114 Å². The molecule has 0 spiro atoms. The van der Waals surface area contributed by atoms with Gasteiger partial charge in [-0.15, -0.1) is 0 Å². The maximum atomic E-state index is 11.9. The number of carbonyl (C=O) groups is 1. The van der Waals surface area contributed by atoms with Crippen LogP contribution in [0.2, 0.25) is 0 Å². The Kier molecular flexibility index (Phi) is 4.64. The van der Waals surface area contributed by atoms with Crippen LogP contribution < -0.4 is 0 Å². The van der Waals surface area contributed by atoms with Crippen LogP contribution in [0.4, 0.5) is 0 Å². The Morgan fingerprint density at radius 1 is 1.32 bits per heavy atom. The van der Waals surface area contributed by atoms with E-state index in [2.05, 4.69) is 23.8 Å². The van der Waals surface area contributed by atoms with Gasteiger partial charge in [-0.2, -0.15) is 0 Å². The monoisotopic (exact) mass is 262 g/mol. The number of nitrogens with zero attached hydrogens (tertiary/aromatic N) is 2. The van der Waals surface area contributed by atoms with Gasteiger partial charge < -0.3 is 4.74 Å². The van der Waals surface area contributed by atoms with E-state index in [9.17, 15) is 4.79 Å². The van der Waals surface area contributed by atoms with Gasteiger partial charge in [0.25, 0.3) is 0 Å². The molecule has 4 nitrogen and oxygen atoms in total. The maximum Gasteiger partial charge on any atom is 0.166 e. The Morgan fingerprint density at radius 2 is 2.05 bits per heavy atom. The van der Waals surface area contributed by atoms with Crippen molar-refractivity contribution in [2.24, 2.45) is 5.92 Å². The summed E-state index contributed by atoms with van der Waals surface area (Å²) in [6, 6.07) is 0. The van der Waals surface area contributed by atoms with Crippen LogP contribution in [0.5, 0.6) is 0 Å². The van der Waals surface area contributed by atoms with Crippen molar-refractivity contribution in [2.45, 2.75) is 52.6 Å². The third-order valence-corrected chi connectivity index (χ3v) is 3.46. The van der Waals surface area contributed by atoms with Gasteiger partial charge in [0.2, 0.25) is 0 Å². The van der Waals surface area contributed by atoms with Crippen LogP contribution in [-0.4, -0.2) is 22.4 Å². The minimum absolute atomic E-state index is 0.0892. The number of fused-ring (bicyclic) bond motifs is 1. The zero-order valence-electron chi connectivity index (χ0n) is 12.0. The quantitative estimate of drug-likeness (QED) is 0.782. The summed E-state index contributed by atoms with van der Waals surface area (Å²) in [5.74, 6) is 1.21. The molecule has 1 aromatic rings. The molecule has 4 heteroatoms. The molecule has 0 saturated carbocycles. The lowest BCUT2D eigenvalue weighted by molar-refractivity contribution is 0.0230. The molecule has 0 amide bonds. The number of hydrogen-bond acceptors (Lipinski definition) is 4. The molecule has 1 atom stereocenters. The molecule has 1 aromatic heterocycles. The van der Waals surface area contributed by atoms with E-state index >= 15 is 0 Å². The first-order valence-corrected chi connectivity index (χ1v) is 7.14. The summed E-state index contributed by atoms with van der Waals surface area (Å²) in [6.07, 6.45) is 5.07. The molecule has 0 aliphatic heterocycles. The highest BCUT2D eigenvalue weighted by Crippen LogP contribution is 2.25. The van der Waals surface area contributed by atoms with Crippen molar-refractivity contribution in [3.05, 3.63) is 23.3 Å². The molecular weight excluding hydrogens is 240 g/mol. The van der Waals surface area contributed by atoms with Crippen LogP contribution in [0, 0.1) is 5.92 Å². The van der Waals surface area contributed by atoms with Gasteiger partial charge in [0.15, 0.2) is 11.6 Å². The number of carbonyl (C=O) groups excluding carboxylic acids is 1. The smallest absolute Gasteiger partial charge is 0.166 e. The van der Waals surface area contributed by atoms with Crippen molar-refractivity contribution >= 4 is 5.78 Å². The minimum atomic E-state index is -0.0892. The second kappa shape index (κ2) is 6.24. The molecule has 2 rings (SSSR count). The van der Waals surface area contributed by atoms with E-state index in [1.54, 1.807) is 6.20 Å². The van der Waals surface area contributed by atoms with Crippen molar-refractivity contribution in [3.8, 4) is 0 Å². The van der Waals surface area contributed by atoms with Crippen molar-refractivity contribution in [1.82, 2.24) is 9.97 Å². The van der Waals surface area contributed by atoms with Gasteiger partial charge in [0, 0.05) is 19.2 Å². The molecule has 1 aliphatic rings. The summed E-state index contributed by atoms with van der Waals surface area (Å²) in [4.78, 5) is 20.9. The highest BCUT2D eigenvalue weighted by Gasteiger charge is 2.23. The van der Waals surface area contributed by atoms with Crippen molar-refractivity contribution in [1.29, 1.82) is 0 Å². The molecule has 1 unspecified atom stereocenters. The maximum absolute atomic E-state index is 11.9.